The maximum atomic E-state index is 13.9. The zero-order valence-corrected chi connectivity index (χ0v) is 15.2. The number of aromatic nitrogens is 2. The molecule has 0 saturated heterocycles. The maximum absolute atomic E-state index is 13.9. The SMILES string of the molecule is O=C(NC(C(=O)O)c1ccc(F)cc1F)c1cn(-c2ccc(Br)cc2)cn1. The van der Waals surface area contributed by atoms with Gasteiger partial charge in [0.05, 0.1) is 0 Å². The number of amides is 1. The molecule has 3 aromatic rings. The Balaban J connectivity index is 1.82. The highest BCUT2D eigenvalue weighted by Gasteiger charge is 2.26. The number of carbonyl (C=O) groups is 2. The molecule has 2 aromatic carbocycles. The molecule has 9 heteroatoms. The number of hydrogen-bond acceptors (Lipinski definition) is 3. The number of nitrogens with zero attached hydrogens (tertiary/aromatic N) is 2. The topological polar surface area (TPSA) is 84.2 Å². The van der Waals surface area contributed by atoms with Gasteiger partial charge in [0.15, 0.2) is 6.04 Å². The van der Waals surface area contributed by atoms with Crippen molar-refractivity contribution >= 4 is 27.8 Å². The van der Waals surface area contributed by atoms with Crippen molar-refractivity contribution in [1.82, 2.24) is 14.9 Å². The van der Waals surface area contributed by atoms with Crippen molar-refractivity contribution in [2.45, 2.75) is 6.04 Å². The van der Waals surface area contributed by atoms with E-state index >= 15 is 0 Å². The molecular formula is C18H12BrF2N3O3. The summed E-state index contributed by atoms with van der Waals surface area (Å²) in [6.45, 7) is 0. The van der Waals surface area contributed by atoms with Gasteiger partial charge in [0.1, 0.15) is 23.7 Å². The van der Waals surface area contributed by atoms with Crippen LogP contribution in [0, 0.1) is 11.6 Å². The number of imidazole rings is 1. The number of nitrogens with one attached hydrogen (secondary N) is 1. The summed E-state index contributed by atoms with van der Waals surface area (Å²) in [7, 11) is 0. The summed E-state index contributed by atoms with van der Waals surface area (Å²) in [5.74, 6) is -4.20. The second kappa shape index (κ2) is 7.67. The molecule has 0 aliphatic heterocycles. The molecular weight excluding hydrogens is 424 g/mol. The average Bonchev–Trinajstić information content (AvgIpc) is 3.11. The lowest BCUT2D eigenvalue weighted by atomic mass is 10.1. The second-order valence-corrected chi connectivity index (χ2v) is 6.47. The first-order valence-electron chi connectivity index (χ1n) is 7.63. The van der Waals surface area contributed by atoms with Gasteiger partial charge in [-0.15, -0.1) is 0 Å². The molecule has 3 rings (SSSR count). The lowest BCUT2D eigenvalue weighted by Gasteiger charge is -2.15. The molecule has 1 atom stereocenters. The predicted molar refractivity (Wildman–Crippen MR) is 95.5 cm³/mol. The Morgan fingerprint density at radius 2 is 1.85 bits per heavy atom. The van der Waals surface area contributed by atoms with Crippen LogP contribution in [0.15, 0.2) is 59.5 Å². The number of benzene rings is 2. The molecule has 27 heavy (non-hydrogen) atoms. The molecule has 0 aliphatic rings. The van der Waals surface area contributed by atoms with Gasteiger partial charge >= 0.3 is 5.97 Å². The summed E-state index contributed by atoms with van der Waals surface area (Å²) in [4.78, 5) is 27.8. The third-order valence-electron chi connectivity index (χ3n) is 3.74. The minimum atomic E-state index is -1.68. The Hall–Kier alpha value is -3.07. The number of carboxylic acid groups (broad SMARTS) is 1. The maximum Gasteiger partial charge on any atom is 0.331 e. The lowest BCUT2D eigenvalue weighted by molar-refractivity contribution is -0.139. The standard InChI is InChI=1S/C18H12BrF2N3O3/c19-10-1-4-12(5-2-10)24-8-15(22-9-24)17(25)23-16(18(26)27)13-6-3-11(20)7-14(13)21/h1-9,16H,(H,23,25)(H,26,27). The lowest BCUT2D eigenvalue weighted by Crippen LogP contribution is -2.34. The fourth-order valence-electron chi connectivity index (χ4n) is 2.41. The van der Waals surface area contributed by atoms with Crippen LogP contribution in [-0.2, 0) is 4.79 Å². The van der Waals surface area contributed by atoms with Crippen molar-refractivity contribution in [3.63, 3.8) is 0 Å². The van der Waals surface area contributed by atoms with Gasteiger partial charge < -0.3 is 15.0 Å². The van der Waals surface area contributed by atoms with Crippen molar-refractivity contribution in [3.05, 3.63) is 82.4 Å². The first kappa shape index (κ1) is 18.7. The van der Waals surface area contributed by atoms with Crippen LogP contribution < -0.4 is 5.32 Å². The summed E-state index contributed by atoms with van der Waals surface area (Å²) < 4.78 is 29.4. The summed E-state index contributed by atoms with van der Waals surface area (Å²) in [6.07, 6.45) is 2.81. The monoisotopic (exact) mass is 435 g/mol. The van der Waals surface area contributed by atoms with Crippen LogP contribution in [0.5, 0.6) is 0 Å². The normalized spacial score (nSPS) is 11.8. The molecule has 0 fully saturated rings. The molecule has 6 nitrogen and oxygen atoms in total. The van der Waals surface area contributed by atoms with Gasteiger partial charge in [-0.05, 0) is 30.3 Å². The highest BCUT2D eigenvalue weighted by atomic mass is 79.9. The van der Waals surface area contributed by atoms with Crippen molar-refractivity contribution in [2.75, 3.05) is 0 Å². The van der Waals surface area contributed by atoms with Crippen LogP contribution in [0.25, 0.3) is 5.69 Å². The number of hydrogen-bond donors (Lipinski definition) is 2. The first-order valence-corrected chi connectivity index (χ1v) is 8.43. The van der Waals surface area contributed by atoms with Crippen LogP contribution >= 0.6 is 15.9 Å². The minimum Gasteiger partial charge on any atom is -0.479 e. The van der Waals surface area contributed by atoms with E-state index < -0.39 is 29.6 Å². The molecule has 138 valence electrons. The van der Waals surface area contributed by atoms with Gasteiger partial charge in [-0.1, -0.05) is 22.0 Å². The molecule has 0 radical (unpaired) electrons. The Bertz CT molecular complexity index is 1010. The van der Waals surface area contributed by atoms with Crippen LogP contribution in [0.1, 0.15) is 22.1 Å². The summed E-state index contributed by atoms with van der Waals surface area (Å²) in [5, 5.41) is 11.5. The molecule has 2 N–H and O–H groups in total. The van der Waals surface area contributed by atoms with Crippen molar-refractivity contribution < 1.29 is 23.5 Å². The van der Waals surface area contributed by atoms with E-state index in [1.807, 2.05) is 12.1 Å². The molecule has 1 heterocycles. The van der Waals surface area contributed by atoms with Gasteiger partial charge in [-0.25, -0.2) is 18.6 Å². The van der Waals surface area contributed by atoms with Crippen LogP contribution in [0.4, 0.5) is 8.78 Å². The molecule has 1 aromatic heterocycles. The molecule has 1 amide bonds. The van der Waals surface area contributed by atoms with E-state index in [1.165, 1.54) is 12.5 Å². The quantitative estimate of drug-likeness (QED) is 0.642. The number of aliphatic carboxylic acids is 1. The van der Waals surface area contributed by atoms with E-state index in [9.17, 15) is 23.5 Å². The fraction of sp³-hybridized carbons (Fsp3) is 0.0556. The second-order valence-electron chi connectivity index (χ2n) is 5.55. The number of carboxylic acids is 1. The molecule has 0 aliphatic carbocycles. The summed E-state index contributed by atoms with van der Waals surface area (Å²) in [5.41, 5.74) is 0.334. The Labute approximate surface area is 160 Å². The largest absolute Gasteiger partial charge is 0.479 e. The van der Waals surface area contributed by atoms with Crippen LogP contribution in [0.2, 0.25) is 0 Å². The number of rotatable bonds is 5. The third kappa shape index (κ3) is 4.20. The predicted octanol–water partition coefficient (Wildman–Crippen LogP) is 3.47. The first-order chi connectivity index (χ1) is 12.8. The fourth-order valence-corrected chi connectivity index (χ4v) is 2.67. The summed E-state index contributed by atoms with van der Waals surface area (Å²) >= 11 is 3.32. The summed E-state index contributed by atoms with van der Waals surface area (Å²) in [6, 6.07) is 7.98. The smallest absolute Gasteiger partial charge is 0.331 e. The van der Waals surface area contributed by atoms with Crippen molar-refractivity contribution in [2.24, 2.45) is 0 Å². The van der Waals surface area contributed by atoms with Gasteiger partial charge in [-0.2, -0.15) is 0 Å². The molecule has 0 saturated carbocycles. The van der Waals surface area contributed by atoms with Crippen LogP contribution in [0.3, 0.4) is 0 Å². The van der Waals surface area contributed by atoms with Gasteiger partial charge in [-0.3, -0.25) is 4.79 Å². The van der Waals surface area contributed by atoms with E-state index in [-0.39, 0.29) is 11.3 Å². The van der Waals surface area contributed by atoms with Crippen LogP contribution in [-0.4, -0.2) is 26.5 Å². The van der Waals surface area contributed by atoms with E-state index in [1.54, 1.807) is 16.7 Å². The molecule has 0 bridgehead atoms. The molecule has 0 spiro atoms. The highest BCUT2D eigenvalue weighted by Crippen LogP contribution is 2.20. The van der Waals surface area contributed by atoms with E-state index in [0.29, 0.717) is 6.07 Å². The van der Waals surface area contributed by atoms with Gasteiger partial charge in [0, 0.05) is 28.0 Å². The average molecular weight is 436 g/mol. The number of carbonyl (C=O) groups excluding carboxylic acids is 1. The van der Waals surface area contributed by atoms with Crippen molar-refractivity contribution in [3.8, 4) is 5.69 Å². The minimum absolute atomic E-state index is 0.0494. The van der Waals surface area contributed by atoms with Crippen molar-refractivity contribution in [1.29, 1.82) is 0 Å². The van der Waals surface area contributed by atoms with E-state index in [4.69, 9.17) is 0 Å². The zero-order valence-electron chi connectivity index (χ0n) is 13.6. The van der Waals surface area contributed by atoms with Gasteiger partial charge in [0.25, 0.3) is 5.91 Å². The zero-order chi connectivity index (χ0) is 19.6. The Kier molecular flexibility index (Phi) is 5.31. The van der Waals surface area contributed by atoms with E-state index in [0.717, 1.165) is 22.3 Å². The Morgan fingerprint density at radius 1 is 1.15 bits per heavy atom. The van der Waals surface area contributed by atoms with Gasteiger partial charge in [0.2, 0.25) is 0 Å². The van der Waals surface area contributed by atoms with E-state index in [2.05, 4.69) is 26.2 Å². The number of halogens is 3. The highest BCUT2D eigenvalue weighted by molar-refractivity contribution is 9.10. The molecule has 1 unspecified atom stereocenters. The Morgan fingerprint density at radius 3 is 2.48 bits per heavy atom. The third-order valence-corrected chi connectivity index (χ3v) is 4.26.